The maximum absolute atomic E-state index is 11.9. The second-order valence-electron chi connectivity index (χ2n) is 7.05. The average Bonchev–Trinajstić information content (AvgIpc) is 2.65. The summed E-state index contributed by atoms with van der Waals surface area (Å²) in [5.41, 5.74) is 1.66. The van der Waals surface area contributed by atoms with Crippen LogP contribution in [0.5, 0.6) is 5.75 Å². The van der Waals surface area contributed by atoms with Gasteiger partial charge in [-0.2, -0.15) is 0 Å². The highest BCUT2D eigenvalue weighted by Crippen LogP contribution is 2.20. The molecule has 1 aromatic carbocycles. The van der Waals surface area contributed by atoms with Crippen LogP contribution in [-0.2, 0) is 16.1 Å². The van der Waals surface area contributed by atoms with E-state index in [4.69, 9.17) is 9.47 Å². The van der Waals surface area contributed by atoms with Crippen molar-refractivity contribution in [2.24, 2.45) is 10.4 Å². The van der Waals surface area contributed by atoms with Crippen molar-refractivity contribution < 1.29 is 14.3 Å². The molecule has 1 rings (SSSR count). The zero-order chi connectivity index (χ0) is 20.3. The molecule has 0 bridgehead atoms. The standard InChI is InChI=1S/C20H34N4O3.HI/c1-15-8-9-16(17(12-15)27-11-7-10-26-6)13-23-19(22-5)24-14-20(2,3)18(25)21-4;/h8-9,12H,7,10-11,13-14H2,1-6H3,(H,21,25)(H2,22,23,24);1H. The summed E-state index contributed by atoms with van der Waals surface area (Å²) in [5.74, 6) is 1.48. The Balaban J connectivity index is 0.00000729. The molecule has 0 atom stereocenters. The van der Waals surface area contributed by atoms with Gasteiger partial charge in [-0.1, -0.05) is 12.1 Å². The van der Waals surface area contributed by atoms with E-state index in [1.165, 1.54) is 0 Å². The molecule has 160 valence electrons. The van der Waals surface area contributed by atoms with Crippen molar-refractivity contribution in [2.45, 2.75) is 33.7 Å². The van der Waals surface area contributed by atoms with Gasteiger partial charge in [0, 0.05) is 52.9 Å². The first-order valence-electron chi connectivity index (χ1n) is 9.22. The molecule has 0 fully saturated rings. The predicted octanol–water partition coefficient (Wildman–Crippen LogP) is 2.47. The SMILES string of the molecule is CN=C(NCc1ccc(C)cc1OCCCOC)NCC(C)(C)C(=O)NC.I. The molecule has 0 saturated heterocycles. The Kier molecular flexibility index (Phi) is 12.8. The molecule has 0 radical (unpaired) electrons. The van der Waals surface area contributed by atoms with Crippen LogP contribution in [0.1, 0.15) is 31.4 Å². The number of hydrogen-bond acceptors (Lipinski definition) is 4. The van der Waals surface area contributed by atoms with Gasteiger partial charge in [-0.05, 0) is 32.4 Å². The number of benzene rings is 1. The Hall–Kier alpha value is -1.55. The van der Waals surface area contributed by atoms with E-state index in [0.717, 1.165) is 23.3 Å². The lowest BCUT2D eigenvalue weighted by molar-refractivity contribution is -0.128. The number of nitrogens with one attached hydrogen (secondary N) is 3. The van der Waals surface area contributed by atoms with E-state index in [-0.39, 0.29) is 29.9 Å². The van der Waals surface area contributed by atoms with Crippen molar-refractivity contribution >= 4 is 35.8 Å². The smallest absolute Gasteiger partial charge is 0.227 e. The molecule has 0 spiro atoms. The fraction of sp³-hybridized carbons (Fsp3) is 0.600. The lowest BCUT2D eigenvalue weighted by Crippen LogP contribution is -2.47. The summed E-state index contributed by atoms with van der Waals surface area (Å²) in [6.07, 6.45) is 0.842. The summed E-state index contributed by atoms with van der Waals surface area (Å²) in [6.45, 7) is 8.14. The van der Waals surface area contributed by atoms with Crippen molar-refractivity contribution in [3.05, 3.63) is 29.3 Å². The highest BCUT2D eigenvalue weighted by atomic mass is 127. The van der Waals surface area contributed by atoms with E-state index in [1.54, 1.807) is 21.2 Å². The zero-order valence-electron chi connectivity index (χ0n) is 17.8. The lowest BCUT2D eigenvalue weighted by Gasteiger charge is -2.24. The van der Waals surface area contributed by atoms with Crippen LogP contribution in [0.3, 0.4) is 0 Å². The van der Waals surface area contributed by atoms with E-state index >= 15 is 0 Å². The number of methoxy groups -OCH3 is 1. The van der Waals surface area contributed by atoms with Gasteiger partial charge in [0.2, 0.25) is 5.91 Å². The summed E-state index contributed by atoms with van der Waals surface area (Å²) in [7, 11) is 5.04. The number of hydrogen-bond donors (Lipinski definition) is 3. The third-order valence-corrected chi connectivity index (χ3v) is 4.18. The molecule has 3 N–H and O–H groups in total. The fourth-order valence-corrected chi connectivity index (χ4v) is 2.45. The predicted molar refractivity (Wildman–Crippen MR) is 125 cm³/mol. The van der Waals surface area contributed by atoms with Gasteiger partial charge in [0.25, 0.3) is 0 Å². The molecule has 7 nitrogen and oxygen atoms in total. The molecule has 0 aromatic heterocycles. The Morgan fingerprint density at radius 1 is 1.21 bits per heavy atom. The molecule has 0 aliphatic carbocycles. The Morgan fingerprint density at radius 2 is 1.93 bits per heavy atom. The number of ether oxygens (including phenoxy) is 2. The number of amides is 1. The minimum Gasteiger partial charge on any atom is -0.493 e. The quantitative estimate of drug-likeness (QED) is 0.197. The highest BCUT2D eigenvalue weighted by molar-refractivity contribution is 14.0. The first-order chi connectivity index (χ1) is 12.8. The molecule has 1 amide bonds. The zero-order valence-corrected chi connectivity index (χ0v) is 20.2. The topological polar surface area (TPSA) is 84.0 Å². The largest absolute Gasteiger partial charge is 0.493 e. The van der Waals surface area contributed by atoms with Crippen molar-refractivity contribution in [1.29, 1.82) is 0 Å². The van der Waals surface area contributed by atoms with Gasteiger partial charge in [-0.25, -0.2) is 0 Å². The van der Waals surface area contributed by atoms with Crippen LogP contribution in [0.2, 0.25) is 0 Å². The third kappa shape index (κ3) is 9.09. The normalized spacial score (nSPS) is 11.4. The van der Waals surface area contributed by atoms with Gasteiger partial charge in [-0.15, -0.1) is 24.0 Å². The number of guanidine groups is 1. The second-order valence-corrected chi connectivity index (χ2v) is 7.05. The molecule has 28 heavy (non-hydrogen) atoms. The summed E-state index contributed by atoms with van der Waals surface area (Å²) >= 11 is 0. The molecular weight excluding hydrogens is 471 g/mol. The lowest BCUT2D eigenvalue weighted by atomic mass is 9.92. The second kappa shape index (κ2) is 13.6. The fourth-order valence-electron chi connectivity index (χ4n) is 2.45. The Labute approximate surface area is 186 Å². The van der Waals surface area contributed by atoms with Crippen LogP contribution in [-0.4, -0.2) is 52.8 Å². The van der Waals surface area contributed by atoms with E-state index in [0.29, 0.717) is 32.3 Å². The van der Waals surface area contributed by atoms with E-state index < -0.39 is 5.41 Å². The van der Waals surface area contributed by atoms with Crippen molar-refractivity contribution in [1.82, 2.24) is 16.0 Å². The number of nitrogens with zero attached hydrogens (tertiary/aromatic N) is 1. The van der Waals surface area contributed by atoms with E-state index in [9.17, 15) is 4.79 Å². The van der Waals surface area contributed by atoms with Crippen LogP contribution < -0.4 is 20.7 Å². The number of aryl methyl sites for hydroxylation is 1. The first kappa shape index (κ1) is 26.4. The molecule has 0 heterocycles. The van der Waals surface area contributed by atoms with Crippen LogP contribution in [0.25, 0.3) is 0 Å². The molecular formula is C20H35IN4O3. The maximum atomic E-state index is 11.9. The number of carbonyl (C=O) groups excluding carboxylic acids is 1. The van der Waals surface area contributed by atoms with Crippen molar-refractivity contribution in [2.75, 3.05) is 41.0 Å². The monoisotopic (exact) mass is 506 g/mol. The van der Waals surface area contributed by atoms with Gasteiger partial charge >= 0.3 is 0 Å². The van der Waals surface area contributed by atoms with E-state index in [1.807, 2.05) is 26.8 Å². The average molecular weight is 506 g/mol. The molecule has 0 unspecified atom stereocenters. The minimum atomic E-state index is -0.536. The summed E-state index contributed by atoms with van der Waals surface area (Å²) in [4.78, 5) is 16.1. The van der Waals surface area contributed by atoms with Gasteiger partial charge in [0.1, 0.15) is 5.75 Å². The van der Waals surface area contributed by atoms with Crippen LogP contribution >= 0.6 is 24.0 Å². The molecule has 8 heteroatoms. The molecule has 0 aliphatic rings. The van der Waals surface area contributed by atoms with E-state index in [2.05, 4.69) is 33.1 Å². The first-order valence-corrected chi connectivity index (χ1v) is 9.22. The molecule has 1 aromatic rings. The third-order valence-electron chi connectivity index (χ3n) is 4.18. The minimum absolute atomic E-state index is 0. The summed E-state index contributed by atoms with van der Waals surface area (Å²) < 4.78 is 11.0. The van der Waals surface area contributed by atoms with Crippen LogP contribution in [0.15, 0.2) is 23.2 Å². The van der Waals surface area contributed by atoms with Gasteiger partial charge in [0.05, 0.1) is 12.0 Å². The maximum Gasteiger partial charge on any atom is 0.227 e. The van der Waals surface area contributed by atoms with Crippen molar-refractivity contribution in [3.8, 4) is 5.75 Å². The Bertz CT molecular complexity index is 636. The van der Waals surface area contributed by atoms with Gasteiger partial charge < -0.3 is 25.4 Å². The summed E-state index contributed by atoms with van der Waals surface area (Å²) in [6, 6.07) is 6.15. The number of halogens is 1. The highest BCUT2D eigenvalue weighted by Gasteiger charge is 2.26. The Morgan fingerprint density at radius 3 is 2.54 bits per heavy atom. The number of aliphatic imine (C=N–C) groups is 1. The molecule has 0 aliphatic heterocycles. The number of carbonyl (C=O) groups is 1. The molecule has 0 saturated carbocycles. The van der Waals surface area contributed by atoms with Gasteiger partial charge in [-0.3, -0.25) is 9.79 Å². The van der Waals surface area contributed by atoms with Gasteiger partial charge in [0.15, 0.2) is 5.96 Å². The summed E-state index contributed by atoms with van der Waals surface area (Å²) in [5, 5.41) is 9.17. The van der Waals surface area contributed by atoms with Crippen LogP contribution in [0, 0.1) is 12.3 Å². The van der Waals surface area contributed by atoms with Crippen molar-refractivity contribution in [3.63, 3.8) is 0 Å². The number of rotatable bonds is 10. The van der Waals surface area contributed by atoms with Crippen LogP contribution in [0.4, 0.5) is 0 Å².